The fourth-order valence-corrected chi connectivity index (χ4v) is 2.34. The second-order valence-corrected chi connectivity index (χ2v) is 5.48. The van der Waals surface area contributed by atoms with E-state index in [0.29, 0.717) is 0 Å². The molecule has 0 bridgehead atoms. The van der Waals surface area contributed by atoms with Crippen LogP contribution in [0.5, 0.6) is 0 Å². The maximum absolute atomic E-state index is 5.96. The molecule has 0 radical (unpaired) electrons. The van der Waals surface area contributed by atoms with Gasteiger partial charge in [-0.2, -0.15) is 0 Å². The maximum atomic E-state index is 5.96. The molecule has 0 amide bonds. The van der Waals surface area contributed by atoms with Crippen molar-refractivity contribution in [2.24, 2.45) is 0 Å². The van der Waals surface area contributed by atoms with E-state index in [1.54, 1.807) is 0 Å². The zero-order chi connectivity index (χ0) is 13.1. The van der Waals surface area contributed by atoms with Crippen molar-refractivity contribution in [2.75, 3.05) is 11.9 Å². The van der Waals surface area contributed by atoms with Crippen molar-refractivity contribution in [3.05, 3.63) is 38.6 Å². The number of halogens is 2. The molecule has 1 aromatic heterocycles. The lowest BCUT2D eigenvalue weighted by Gasteiger charge is -2.09. The van der Waals surface area contributed by atoms with Gasteiger partial charge < -0.3 is 5.32 Å². The number of hydrogen-bond donors (Lipinski definition) is 1. The maximum Gasteiger partial charge on any atom is 0.161 e. The molecule has 2 aromatic rings. The Morgan fingerprint density at radius 3 is 2.83 bits per heavy atom. The molecule has 0 spiro atoms. The van der Waals surface area contributed by atoms with Crippen LogP contribution < -0.4 is 5.32 Å². The highest BCUT2D eigenvalue weighted by atomic mass is 127. The minimum atomic E-state index is 0.723. The molecule has 0 saturated heterocycles. The molecule has 0 fully saturated rings. The molecular formula is C13H13ClIN3. The number of benzene rings is 1. The Morgan fingerprint density at radius 2 is 2.17 bits per heavy atom. The number of anilines is 1. The first-order valence-corrected chi connectivity index (χ1v) is 7.10. The van der Waals surface area contributed by atoms with E-state index < -0.39 is 0 Å². The second-order valence-electron chi connectivity index (χ2n) is 3.88. The molecule has 0 aliphatic heterocycles. The lowest BCUT2D eigenvalue weighted by atomic mass is 10.1. The SMILES string of the molecule is CCNc1nc(-c2ccc(Cl)cc2C)ncc1I. The predicted molar refractivity (Wildman–Crippen MR) is 84.1 cm³/mol. The van der Waals surface area contributed by atoms with Crippen LogP contribution in [0.2, 0.25) is 5.02 Å². The van der Waals surface area contributed by atoms with Crippen LogP contribution in [0.25, 0.3) is 11.4 Å². The molecule has 3 nitrogen and oxygen atoms in total. The lowest BCUT2D eigenvalue weighted by molar-refractivity contribution is 1.10. The molecule has 1 N–H and O–H groups in total. The van der Waals surface area contributed by atoms with Crippen LogP contribution in [0.3, 0.4) is 0 Å². The van der Waals surface area contributed by atoms with Crippen LogP contribution in [0.1, 0.15) is 12.5 Å². The third-order valence-electron chi connectivity index (χ3n) is 2.52. The molecule has 0 atom stereocenters. The Morgan fingerprint density at radius 1 is 1.39 bits per heavy atom. The highest BCUT2D eigenvalue weighted by molar-refractivity contribution is 14.1. The van der Waals surface area contributed by atoms with Gasteiger partial charge in [0.25, 0.3) is 0 Å². The van der Waals surface area contributed by atoms with Gasteiger partial charge in [0, 0.05) is 23.3 Å². The van der Waals surface area contributed by atoms with E-state index >= 15 is 0 Å². The first-order chi connectivity index (χ1) is 8.61. The van der Waals surface area contributed by atoms with Gasteiger partial charge in [-0.05, 0) is 60.2 Å². The van der Waals surface area contributed by atoms with Gasteiger partial charge in [0.1, 0.15) is 5.82 Å². The van der Waals surface area contributed by atoms with Gasteiger partial charge >= 0.3 is 0 Å². The number of aryl methyl sites for hydroxylation is 1. The van der Waals surface area contributed by atoms with Crippen molar-refractivity contribution >= 4 is 40.0 Å². The van der Waals surface area contributed by atoms with E-state index in [9.17, 15) is 0 Å². The summed E-state index contributed by atoms with van der Waals surface area (Å²) >= 11 is 8.18. The van der Waals surface area contributed by atoms with Crippen molar-refractivity contribution < 1.29 is 0 Å². The summed E-state index contributed by atoms with van der Waals surface area (Å²) in [7, 11) is 0. The summed E-state index contributed by atoms with van der Waals surface area (Å²) in [5, 5.41) is 3.96. The van der Waals surface area contributed by atoms with E-state index in [-0.39, 0.29) is 0 Å². The smallest absolute Gasteiger partial charge is 0.161 e. The van der Waals surface area contributed by atoms with Crippen LogP contribution in [0.4, 0.5) is 5.82 Å². The Labute approximate surface area is 125 Å². The first-order valence-electron chi connectivity index (χ1n) is 5.64. The van der Waals surface area contributed by atoms with E-state index in [0.717, 1.165) is 37.9 Å². The molecule has 0 aliphatic carbocycles. The van der Waals surface area contributed by atoms with Crippen molar-refractivity contribution in [1.82, 2.24) is 9.97 Å². The molecule has 94 valence electrons. The van der Waals surface area contributed by atoms with Gasteiger partial charge in [0.05, 0.1) is 3.57 Å². The number of nitrogens with zero attached hydrogens (tertiary/aromatic N) is 2. The summed E-state index contributed by atoms with van der Waals surface area (Å²) in [5.41, 5.74) is 2.08. The summed E-state index contributed by atoms with van der Waals surface area (Å²) in [5.74, 6) is 1.60. The highest BCUT2D eigenvalue weighted by Crippen LogP contribution is 2.25. The largest absolute Gasteiger partial charge is 0.369 e. The standard InChI is InChI=1S/C13H13ClIN3/c1-3-16-13-11(15)7-17-12(18-13)10-5-4-9(14)6-8(10)2/h4-7H,3H2,1-2H3,(H,16,17,18). The zero-order valence-electron chi connectivity index (χ0n) is 10.2. The zero-order valence-corrected chi connectivity index (χ0v) is 13.1. The molecule has 1 aromatic carbocycles. The van der Waals surface area contributed by atoms with Crippen molar-refractivity contribution in [3.8, 4) is 11.4 Å². The Bertz CT molecular complexity index is 572. The third-order valence-corrected chi connectivity index (χ3v) is 3.54. The summed E-state index contributed by atoms with van der Waals surface area (Å²) < 4.78 is 1.02. The Balaban J connectivity index is 2.47. The van der Waals surface area contributed by atoms with Crippen LogP contribution >= 0.6 is 34.2 Å². The van der Waals surface area contributed by atoms with Crippen LogP contribution in [0.15, 0.2) is 24.4 Å². The minimum Gasteiger partial charge on any atom is -0.369 e. The average Bonchev–Trinajstić information content (AvgIpc) is 2.33. The average molecular weight is 374 g/mol. The second kappa shape index (κ2) is 5.84. The molecule has 0 saturated carbocycles. The van der Waals surface area contributed by atoms with Crippen molar-refractivity contribution in [1.29, 1.82) is 0 Å². The summed E-state index contributed by atoms with van der Waals surface area (Å²) in [6.45, 7) is 4.90. The van der Waals surface area contributed by atoms with Crippen molar-refractivity contribution in [3.63, 3.8) is 0 Å². The summed E-state index contributed by atoms with van der Waals surface area (Å²) in [6, 6.07) is 5.73. The monoisotopic (exact) mass is 373 g/mol. The van der Waals surface area contributed by atoms with Gasteiger partial charge in [0.15, 0.2) is 5.82 Å². The van der Waals surface area contributed by atoms with E-state index in [1.807, 2.05) is 38.2 Å². The fourth-order valence-electron chi connectivity index (χ4n) is 1.67. The highest BCUT2D eigenvalue weighted by Gasteiger charge is 2.08. The number of hydrogen-bond acceptors (Lipinski definition) is 3. The fraction of sp³-hybridized carbons (Fsp3) is 0.231. The molecule has 0 unspecified atom stereocenters. The number of aromatic nitrogens is 2. The molecule has 2 rings (SSSR count). The summed E-state index contributed by atoms with van der Waals surface area (Å²) in [4.78, 5) is 8.93. The third kappa shape index (κ3) is 2.92. The van der Waals surface area contributed by atoms with E-state index in [4.69, 9.17) is 11.6 Å². The van der Waals surface area contributed by atoms with Gasteiger partial charge in [-0.3, -0.25) is 0 Å². The summed E-state index contributed by atoms with van der Waals surface area (Å²) in [6.07, 6.45) is 1.83. The minimum absolute atomic E-state index is 0.723. The Kier molecular flexibility index (Phi) is 4.40. The van der Waals surface area contributed by atoms with Crippen LogP contribution in [-0.2, 0) is 0 Å². The molecular weight excluding hydrogens is 361 g/mol. The predicted octanol–water partition coefficient (Wildman–Crippen LogP) is 4.14. The van der Waals surface area contributed by atoms with Gasteiger partial charge in [-0.25, -0.2) is 9.97 Å². The van der Waals surface area contributed by atoms with Crippen LogP contribution in [-0.4, -0.2) is 16.5 Å². The topological polar surface area (TPSA) is 37.8 Å². The van der Waals surface area contributed by atoms with Crippen LogP contribution in [0, 0.1) is 10.5 Å². The van der Waals surface area contributed by atoms with Gasteiger partial charge in [0.2, 0.25) is 0 Å². The Hall–Kier alpha value is -0.880. The number of rotatable bonds is 3. The van der Waals surface area contributed by atoms with Crippen molar-refractivity contribution in [2.45, 2.75) is 13.8 Å². The molecule has 1 heterocycles. The molecule has 0 aliphatic rings. The van der Waals surface area contributed by atoms with E-state index in [2.05, 4.69) is 37.9 Å². The van der Waals surface area contributed by atoms with Gasteiger partial charge in [-0.1, -0.05) is 11.6 Å². The lowest BCUT2D eigenvalue weighted by Crippen LogP contribution is -2.04. The number of nitrogens with one attached hydrogen (secondary N) is 1. The first kappa shape index (κ1) is 13.5. The normalized spacial score (nSPS) is 10.4. The van der Waals surface area contributed by atoms with E-state index in [1.165, 1.54) is 0 Å². The molecule has 5 heteroatoms. The molecule has 18 heavy (non-hydrogen) atoms. The van der Waals surface area contributed by atoms with Gasteiger partial charge in [-0.15, -0.1) is 0 Å². The quantitative estimate of drug-likeness (QED) is 0.822.